The summed E-state index contributed by atoms with van der Waals surface area (Å²) in [5.74, 6) is 1.74. The number of hydrogen-bond donors (Lipinski definition) is 1. The van der Waals surface area contributed by atoms with Gasteiger partial charge in [0.25, 0.3) is 0 Å². The lowest BCUT2D eigenvalue weighted by Gasteiger charge is -2.36. The number of aromatic nitrogens is 2. The summed E-state index contributed by atoms with van der Waals surface area (Å²) >= 11 is 0. The molecule has 1 fully saturated rings. The molecule has 1 aliphatic rings. The molecular formula is C20H29N3O2. The highest BCUT2D eigenvalue weighted by Crippen LogP contribution is 2.33. The zero-order valence-electron chi connectivity index (χ0n) is 15.6. The highest BCUT2D eigenvalue weighted by molar-refractivity contribution is 5.18. The first-order valence-corrected chi connectivity index (χ1v) is 9.17. The average molecular weight is 343 g/mol. The van der Waals surface area contributed by atoms with Crippen LogP contribution in [0.15, 0.2) is 34.9 Å². The van der Waals surface area contributed by atoms with Crippen molar-refractivity contribution in [2.24, 2.45) is 5.92 Å². The Bertz CT molecular complexity index is 670. The molecule has 0 spiro atoms. The van der Waals surface area contributed by atoms with E-state index in [1.807, 2.05) is 30.3 Å². The van der Waals surface area contributed by atoms with Gasteiger partial charge in [-0.15, -0.1) is 0 Å². The molecule has 0 saturated carbocycles. The van der Waals surface area contributed by atoms with Crippen LogP contribution in [0.2, 0.25) is 0 Å². The largest absolute Gasteiger partial charge is 0.388 e. The predicted molar refractivity (Wildman–Crippen MR) is 97.1 cm³/mol. The van der Waals surface area contributed by atoms with Gasteiger partial charge in [0, 0.05) is 5.41 Å². The molecule has 25 heavy (non-hydrogen) atoms. The molecule has 0 radical (unpaired) electrons. The molecule has 2 heterocycles. The fraction of sp³-hybridized carbons (Fsp3) is 0.600. The molecule has 136 valence electrons. The number of nitrogens with zero attached hydrogens (tertiary/aromatic N) is 3. The second kappa shape index (κ2) is 7.26. The molecule has 0 aliphatic carbocycles. The molecule has 1 aromatic carbocycles. The molecule has 2 aromatic rings. The normalized spacial score (nSPS) is 19.7. The first-order chi connectivity index (χ1) is 11.9. The van der Waals surface area contributed by atoms with Crippen molar-refractivity contribution in [2.75, 3.05) is 13.1 Å². The minimum Gasteiger partial charge on any atom is -0.388 e. The molecule has 0 unspecified atom stereocenters. The molecule has 1 N–H and O–H groups in total. The molecular weight excluding hydrogens is 314 g/mol. The third-order valence-corrected chi connectivity index (χ3v) is 5.18. The van der Waals surface area contributed by atoms with Crippen LogP contribution in [-0.4, -0.2) is 33.2 Å². The van der Waals surface area contributed by atoms with Crippen molar-refractivity contribution in [3.05, 3.63) is 47.6 Å². The Labute approximate surface area is 150 Å². The van der Waals surface area contributed by atoms with Gasteiger partial charge in [-0.25, -0.2) is 0 Å². The zero-order chi connectivity index (χ0) is 18.0. The van der Waals surface area contributed by atoms with Gasteiger partial charge >= 0.3 is 0 Å². The van der Waals surface area contributed by atoms with Gasteiger partial charge in [-0.05, 0) is 44.3 Å². The van der Waals surface area contributed by atoms with Crippen LogP contribution < -0.4 is 0 Å². The molecule has 1 aliphatic heterocycles. The molecule has 5 nitrogen and oxygen atoms in total. The average Bonchev–Trinajstić information content (AvgIpc) is 3.12. The fourth-order valence-corrected chi connectivity index (χ4v) is 3.41. The number of rotatable bonds is 4. The van der Waals surface area contributed by atoms with E-state index in [9.17, 15) is 5.11 Å². The lowest BCUT2D eigenvalue weighted by Crippen LogP contribution is -2.37. The molecule has 0 bridgehead atoms. The summed E-state index contributed by atoms with van der Waals surface area (Å²) in [6.07, 6.45) is 1.57. The molecule has 1 saturated heterocycles. The summed E-state index contributed by atoms with van der Waals surface area (Å²) in [4.78, 5) is 6.96. The van der Waals surface area contributed by atoms with E-state index in [-0.39, 0.29) is 17.6 Å². The highest BCUT2D eigenvalue weighted by atomic mass is 16.5. The van der Waals surface area contributed by atoms with Gasteiger partial charge in [0.2, 0.25) is 5.89 Å². The van der Waals surface area contributed by atoms with E-state index in [0.717, 1.165) is 37.3 Å². The Hall–Kier alpha value is -1.72. The lowest BCUT2D eigenvalue weighted by atomic mass is 9.87. The fourth-order valence-electron chi connectivity index (χ4n) is 3.41. The van der Waals surface area contributed by atoms with E-state index >= 15 is 0 Å². The van der Waals surface area contributed by atoms with Gasteiger partial charge in [-0.2, -0.15) is 4.98 Å². The molecule has 1 aromatic heterocycles. The van der Waals surface area contributed by atoms with Gasteiger partial charge in [-0.3, -0.25) is 4.90 Å². The number of piperidine rings is 1. The molecule has 3 rings (SSSR count). The summed E-state index contributed by atoms with van der Waals surface area (Å²) in [5, 5.41) is 14.8. The van der Waals surface area contributed by atoms with Crippen molar-refractivity contribution < 1.29 is 9.63 Å². The molecule has 2 atom stereocenters. The second-order valence-electron chi connectivity index (χ2n) is 8.11. The van der Waals surface area contributed by atoms with Crippen LogP contribution >= 0.6 is 0 Å². The van der Waals surface area contributed by atoms with Crippen molar-refractivity contribution in [1.82, 2.24) is 15.0 Å². The van der Waals surface area contributed by atoms with Crippen molar-refractivity contribution >= 4 is 0 Å². The quantitative estimate of drug-likeness (QED) is 0.913. The van der Waals surface area contributed by atoms with Crippen molar-refractivity contribution in [2.45, 2.75) is 58.1 Å². The van der Waals surface area contributed by atoms with Crippen LogP contribution in [0, 0.1) is 5.92 Å². The Balaban J connectivity index is 1.59. The van der Waals surface area contributed by atoms with Crippen molar-refractivity contribution in [1.29, 1.82) is 0 Å². The maximum Gasteiger partial charge on any atom is 0.243 e. The summed E-state index contributed by atoms with van der Waals surface area (Å²) in [6, 6.07) is 10.1. The number of hydrogen-bond acceptors (Lipinski definition) is 5. The first kappa shape index (κ1) is 18.1. The van der Waals surface area contributed by atoms with Gasteiger partial charge in [-0.1, -0.05) is 56.3 Å². The number of aliphatic hydroxyl groups is 1. The van der Waals surface area contributed by atoms with Gasteiger partial charge in [0.15, 0.2) is 5.82 Å². The van der Waals surface area contributed by atoms with Crippen LogP contribution in [0.25, 0.3) is 0 Å². The Morgan fingerprint density at radius 1 is 1.16 bits per heavy atom. The third-order valence-electron chi connectivity index (χ3n) is 5.18. The maximum atomic E-state index is 10.6. The van der Waals surface area contributed by atoms with E-state index in [4.69, 9.17) is 4.52 Å². The van der Waals surface area contributed by atoms with Gasteiger partial charge in [0.1, 0.15) is 0 Å². The predicted octanol–water partition coefficient (Wildman–Crippen LogP) is 3.87. The van der Waals surface area contributed by atoms with E-state index in [1.54, 1.807) is 0 Å². The zero-order valence-corrected chi connectivity index (χ0v) is 15.6. The first-order valence-electron chi connectivity index (χ1n) is 9.17. The summed E-state index contributed by atoms with van der Waals surface area (Å²) in [6.45, 7) is 10.2. The second-order valence-corrected chi connectivity index (χ2v) is 8.11. The van der Waals surface area contributed by atoms with Crippen LogP contribution in [0.3, 0.4) is 0 Å². The molecule has 0 amide bonds. The summed E-state index contributed by atoms with van der Waals surface area (Å²) in [5.41, 5.74) is 0.912. The van der Waals surface area contributed by atoms with Crippen LogP contribution in [-0.2, 0) is 5.41 Å². The summed E-state index contributed by atoms with van der Waals surface area (Å²) in [7, 11) is 0. The Morgan fingerprint density at radius 2 is 1.80 bits per heavy atom. The number of aliphatic hydroxyl groups excluding tert-OH is 1. The minimum atomic E-state index is -0.380. The highest BCUT2D eigenvalue weighted by Gasteiger charge is 2.31. The van der Waals surface area contributed by atoms with E-state index < -0.39 is 0 Å². The van der Waals surface area contributed by atoms with Crippen molar-refractivity contribution in [3.63, 3.8) is 0 Å². The Kier molecular flexibility index (Phi) is 5.25. The van der Waals surface area contributed by atoms with Crippen molar-refractivity contribution in [3.8, 4) is 0 Å². The van der Waals surface area contributed by atoms with Gasteiger partial charge < -0.3 is 9.63 Å². The SMILES string of the molecule is C[C@H](c1nc(C(C)(C)C)no1)N1CCC([C@H](O)c2ccccc2)CC1. The minimum absolute atomic E-state index is 0.103. The van der Waals surface area contributed by atoms with Crippen LogP contribution in [0.1, 0.15) is 70.0 Å². The monoisotopic (exact) mass is 343 g/mol. The third kappa shape index (κ3) is 4.10. The van der Waals surface area contributed by atoms with E-state index in [1.165, 1.54) is 0 Å². The topological polar surface area (TPSA) is 62.4 Å². The summed E-state index contributed by atoms with van der Waals surface area (Å²) < 4.78 is 5.50. The number of benzene rings is 1. The van der Waals surface area contributed by atoms with Crippen LogP contribution in [0.5, 0.6) is 0 Å². The smallest absolute Gasteiger partial charge is 0.243 e. The lowest BCUT2D eigenvalue weighted by molar-refractivity contribution is 0.0420. The van der Waals surface area contributed by atoms with Gasteiger partial charge in [0.05, 0.1) is 12.1 Å². The van der Waals surface area contributed by atoms with E-state index in [0.29, 0.717) is 11.8 Å². The van der Waals surface area contributed by atoms with Crippen LogP contribution in [0.4, 0.5) is 0 Å². The number of likely N-dealkylation sites (tertiary alicyclic amines) is 1. The standard InChI is InChI=1S/C20H29N3O2/c1-14(18-21-19(22-25-18)20(2,3)4)23-12-10-16(11-13-23)17(24)15-8-6-5-7-9-15/h5-9,14,16-17,24H,10-13H2,1-4H3/t14-,17-/m1/s1. The maximum absolute atomic E-state index is 10.6. The molecule has 5 heteroatoms. The van der Waals surface area contributed by atoms with E-state index in [2.05, 4.69) is 42.7 Å². The Morgan fingerprint density at radius 3 is 2.36 bits per heavy atom.